The zero-order valence-electron chi connectivity index (χ0n) is 19.9. The van der Waals surface area contributed by atoms with Gasteiger partial charge in [0.1, 0.15) is 5.82 Å². The van der Waals surface area contributed by atoms with Gasteiger partial charge in [-0.25, -0.2) is 14.0 Å². The number of benzene rings is 2. The molecule has 7 nitrogen and oxygen atoms in total. The number of carbonyl (C=O) groups excluding carboxylic acids is 3. The van der Waals surface area contributed by atoms with E-state index in [-0.39, 0.29) is 24.1 Å². The molecule has 1 aliphatic rings. The van der Waals surface area contributed by atoms with Gasteiger partial charge in [-0.1, -0.05) is 39.0 Å². The van der Waals surface area contributed by atoms with Gasteiger partial charge in [0.2, 0.25) is 0 Å². The van der Waals surface area contributed by atoms with Crippen LogP contribution < -0.4 is 10.6 Å². The number of carbonyl (C=O) groups is 3. The molecule has 1 aliphatic heterocycles. The normalized spacial score (nSPS) is 15.9. The van der Waals surface area contributed by atoms with Gasteiger partial charge in [-0.2, -0.15) is 0 Å². The molecule has 34 heavy (non-hydrogen) atoms. The molecular weight excluding hydrogens is 437 g/mol. The van der Waals surface area contributed by atoms with Crippen LogP contribution in [0.4, 0.5) is 14.9 Å². The SMILES string of the molecule is CCCN1C(=O)NC(c2ccc(NC(=O)c3cccc(F)c3)cc2)C(C(=O)OCC(C)C)=C1C. The molecule has 2 aromatic carbocycles. The third kappa shape index (κ3) is 5.81. The molecule has 180 valence electrons. The Balaban J connectivity index is 1.86. The van der Waals surface area contributed by atoms with Crippen molar-refractivity contribution in [1.29, 1.82) is 0 Å². The number of halogens is 1. The number of allylic oxidation sites excluding steroid dienone is 1. The van der Waals surface area contributed by atoms with Crippen molar-refractivity contribution in [3.8, 4) is 0 Å². The van der Waals surface area contributed by atoms with Crippen LogP contribution in [-0.2, 0) is 9.53 Å². The van der Waals surface area contributed by atoms with Crippen molar-refractivity contribution in [2.75, 3.05) is 18.5 Å². The van der Waals surface area contributed by atoms with Crippen molar-refractivity contribution in [3.05, 3.63) is 76.7 Å². The second kappa shape index (κ2) is 11.0. The molecule has 1 unspecified atom stereocenters. The maximum absolute atomic E-state index is 13.4. The molecular formula is C26H30FN3O4. The highest BCUT2D eigenvalue weighted by molar-refractivity contribution is 6.04. The Morgan fingerprint density at radius 3 is 2.50 bits per heavy atom. The maximum Gasteiger partial charge on any atom is 0.338 e. The second-order valence-corrected chi connectivity index (χ2v) is 8.61. The van der Waals surface area contributed by atoms with E-state index in [1.165, 1.54) is 18.2 Å². The first-order valence-corrected chi connectivity index (χ1v) is 11.3. The van der Waals surface area contributed by atoms with Crippen LogP contribution in [0.5, 0.6) is 0 Å². The van der Waals surface area contributed by atoms with Gasteiger partial charge in [0.05, 0.1) is 18.2 Å². The Morgan fingerprint density at radius 1 is 1.18 bits per heavy atom. The van der Waals surface area contributed by atoms with Crippen LogP contribution in [0.3, 0.4) is 0 Å². The molecule has 0 aromatic heterocycles. The lowest BCUT2D eigenvalue weighted by Gasteiger charge is -2.35. The third-order valence-electron chi connectivity index (χ3n) is 5.40. The highest BCUT2D eigenvalue weighted by Gasteiger charge is 2.36. The molecule has 0 saturated carbocycles. The quantitative estimate of drug-likeness (QED) is 0.533. The van der Waals surface area contributed by atoms with Gasteiger partial charge in [0, 0.05) is 23.5 Å². The van der Waals surface area contributed by atoms with Crippen molar-refractivity contribution in [3.63, 3.8) is 0 Å². The van der Waals surface area contributed by atoms with E-state index >= 15 is 0 Å². The number of urea groups is 1. The van der Waals surface area contributed by atoms with Crippen LogP contribution in [0, 0.1) is 11.7 Å². The smallest absolute Gasteiger partial charge is 0.338 e. The Hall–Kier alpha value is -3.68. The van der Waals surface area contributed by atoms with Crippen molar-refractivity contribution in [2.45, 2.75) is 40.2 Å². The minimum atomic E-state index is -0.687. The predicted molar refractivity (Wildman–Crippen MR) is 128 cm³/mol. The molecule has 0 fully saturated rings. The molecule has 2 N–H and O–H groups in total. The van der Waals surface area contributed by atoms with Crippen LogP contribution in [0.15, 0.2) is 59.8 Å². The lowest BCUT2D eigenvalue weighted by molar-refractivity contribution is -0.140. The fraction of sp³-hybridized carbons (Fsp3) is 0.346. The molecule has 1 heterocycles. The lowest BCUT2D eigenvalue weighted by Crippen LogP contribution is -2.48. The number of amides is 3. The Labute approximate surface area is 199 Å². The Morgan fingerprint density at radius 2 is 1.88 bits per heavy atom. The number of nitrogens with one attached hydrogen (secondary N) is 2. The molecule has 3 rings (SSSR count). The topological polar surface area (TPSA) is 87.7 Å². The van der Waals surface area contributed by atoms with Gasteiger partial charge in [-0.3, -0.25) is 9.69 Å². The average Bonchev–Trinajstić information content (AvgIpc) is 2.80. The third-order valence-corrected chi connectivity index (χ3v) is 5.40. The van der Waals surface area contributed by atoms with Crippen LogP contribution in [0.1, 0.15) is 56.1 Å². The summed E-state index contributed by atoms with van der Waals surface area (Å²) in [4.78, 5) is 39.7. The molecule has 2 aromatic rings. The molecule has 8 heteroatoms. The molecule has 3 amide bonds. The summed E-state index contributed by atoms with van der Waals surface area (Å²) in [6.45, 7) is 8.37. The number of hydrogen-bond acceptors (Lipinski definition) is 4. The molecule has 0 saturated heterocycles. The van der Waals surface area contributed by atoms with E-state index in [2.05, 4.69) is 10.6 Å². The fourth-order valence-corrected chi connectivity index (χ4v) is 3.70. The molecule has 0 radical (unpaired) electrons. The number of anilines is 1. The van der Waals surface area contributed by atoms with E-state index in [1.54, 1.807) is 36.1 Å². The predicted octanol–water partition coefficient (Wildman–Crippen LogP) is 5.03. The zero-order valence-corrected chi connectivity index (χ0v) is 19.9. The summed E-state index contributed by atoms with van der Waals surface area (Å²) >= 11 is 0. The number of nitrogens with zero attached hydrogens (tertiary/aromatic N) is 1. The first-order chi connectivity index (χ1) is 16.2. The molecule has 0 bridgehead atoms. The van der Waals surface area contributed by atoms with Gasteiger partial charge >= 0.3 is 12.0 Å². The summed E-state index contributed by atoms with van der Waals surface area (Å²) in [5.74, 6) is -1.23. The molecule has 0 spiro atoms. The van der Waals surface area contributed by atoms with Gasteiger partial charge < -0.3 is 15.4 Å². The van der Waals surface area contributed by atoms with Crippen molar-refractivity contribution < 1.29 is 23.5 Å². The Kier molecular flexibility index (Phi) is 8.04. The van der Waals surface area contributed by atoms with Crippen LogP contribution in [-0.4, -0.2) is 36.0 Å². The van der Waals surface area contributed by atoms with E-state index in [1.807, 2.05) is 20.8 Å². The summed E-state index contributed by atoms with van der Waals surface area (Å²) in [6.07, 6.45) is 0.740. The van der Waals surface area contributed by atoms with Gasteiger partial charge in [-0.15, -0.1) is 0 Å². The number of esters is 1. The highest BCUT2D eigenvalue weighted by Crippen LogP contribution is 2.32. The van der Waals surface area contributed by atoms with E-state index in [0.717, 1.165) is 12.5 Å². The van der Waals surface area contributed by atoms with Gasteiger partial charge in [0.15, 0.2) is 0 Å². The zero-order chi connectivity index (χ0) is 24.8. The lowest BCUT2D eigenvalue weighted by atomic mass is 9.94. The monoisotopic (exact) mass is 467 g/mol. The van der Waals surface area contributed by atoms with Crippen molar-refractivity contribution in [2.24, 2.45) is 5.92 Å². The summed E-state index contributed by atoms with van der Waals surface area (Å²) in [7, 11) is 0. The standard InChI is InChI=1S/C26H30FN3O4/c1-5-13-30-17(4)22(25(32)34-15-16(2)3)23(29-26(30)33)18-9-11-21(12-10-18)28-24(31)19-7-6-8-20(27)14-19/h6-12,14,16,23H,5,13,15H2,1-4H3,(H,28,31)(H,29,33). The van der Waals surface area contributed by atoms with Crippen LogP contribution in [0.2, 0.25) is 0 Å². The van der Waals surface area contributed by atoms with Gasteiger partial charge in [-0.05, 0) is 55.2 Å². The minimum Gasteiger partial charge on any atom is -0.462 e. The first kappa shape index (κ1) is 25.0. The summed E-state index contributed by atoms with van der Waals surface area (Å²) in [5, 5.41) is 5.63. The average molecular weight is 468 g/mol. The van der Waals surface area contributed by atoms with Crippen molar-refractivity contribution in [1.82, 2.24) is 10.2 Å². The highest BCUT2D eigenvalue weighted by atomic mass is 19.1. The molecule has 1 atom stereocenters. The van der Waals surface area contributed by atoms with E-state index in [0.29, 0.717) is 29.1 Å². The van der Waals surface area contributed by atoms with E-state index < -0.39 is 23.7 Å². The summed E-state index contributed by atoms with van der Waals surface area (Å²) < 4.78 is 18.9. The number of hydrogen-bond donors (Lipinski definition) is 2. The first-order valence-electron chi connectivity index (χ1n) is 11.3. The largest absolute Gasteiger partial charge is 0.462 e. The number of rotatable bonds is 8. The second-order valence-electron chi connectivity index (χ2n) is 8.61. The van der Waals surface area contributed by atoms with Gasteiger partial charge in [0.25, 0.3) is 5.91 Å². The Bertz CT molecular complexity index is 1100. The van der Waals surface area contributed by atoms with E-state index in [4.69, 9.17) is 4.74 Å². The fourth-order valence-electron chi connectivity index (χ4n) is 3.70. The van der Waals surface area contributed by atoms with Crippen LogP contribution in [0.25, 0.3) is 0 Å². The maximum atomic E-state index is 13.4. The number of ether oxygens (including phenoxy) is 1. The molecule has 0 aliphatic carbocycles. The summed E-state index contributed by atoms with van der Waals surface area (Å²) in [6, 6.07) is 11.2. The van der Waals surface area contributed by atoms with Crippen LogP contribution >= 0.6 is 0 Å². The summed E-state index contributed by atoms with van der Waals surface area (Å²) in [5.41, 5.74) is 2.31. The van der Waals surface area contributed by atoms with Crippen molar-refractivity contribution >= 4 is 23.6 Å². The minimum absolute atomic E-state index is 0.175. The van der Waals surface area contributed by atoms with E-state index in [9.17, 15) is 18.8 Å².